The highest BCUT2D eigenvalue weighted by atomic mass is 19.4. The van der Waals surface area contributed by atoms with Gasteiger partial charge in [0, 0.05) is 18.3 Å². The van der Waals surface area contributed by atoms with Crippen LogP contribution in [0.3, 0.4) is 0 Å². The van der Waals surface area contributed by atoms with E-state index in [1.165, 1.54) is 6.92 Å². The average molecular weight is 256 g/mol. The molecule has 0 aliphatic rings. The molecule has 0 aliphatic carbocycles. The SMILES string of the molecule is Cc1cnc(C(F)F)c(OC(F)(F)F)c1CN. The van der Waals surface area contributed by atoms with Gasteiger partial charge in [-0.2, -0.15) is 0 Å². The molecule has 1 aromatic heterocycles. The number of aryl methyl sites for hydroxylation is 1. The lowest BCUT2D eigenvalue weighted by molar-refractivity contribution is -0.275. The van der Waals surface area contributed by atoms with Crippen LogP contribution in [0, 0.1) is 6.92 Å². The predicted molar refractivity (Wildman–Crippen MR) is 48.5 cm³/mol. The molecule has 0 bridgehead atoms. The van der Waals surface area contributed by atoms with Crippen LogP contribution in [-0.2, 0) is 6.54 Å². The first-order valence-corrected chi connectivity index (χ1v) is 4.48. The Labute approximate surface area is 93.4 Å². The molecule has 3 nitrogen and oxygen atoms in total. The Kier molecular flexibility index (Phi) is 3.87. The standard InChI is InChI=1S/C9H9F5N2O/c1-4-3-16-6(8(10)11)7(5(4)2-15)17-9(12,13)14/h3,8H,2,15H2,1H3. The van der Waals surface area contributed by atoms with Crippen LogP contribution in [0.2, 0.25) is 0 Å². The molecule has 2 N–H and O–H groups in total. The van der Waals surface area contributed by atoms with Crippen LogP contribution in [0.15, 0.2) is 6.20 Å². The van der Waals surface area contributed by atoms with E-state index in [2.05, 4.69) is 9.72 Å². The van der Waals surface area contributed by atoms with Crippen molar-refractivity contribution in [2.24, 2.45) is 5.73 Å². The van der Waals surface area contributed by atoms with Gasteiger partial charge in [0.1, 0.15) is 5.69 Å². The molecule has 0 spiro atoms. The Balaban J connectivity index is 3.34. The summed E-state index contributed by atoms with van der Waals surface area (Å²) in [6, 6.07) is 0. The maximum atomic E-state index is 12.5. The maximum Gasteiger partial charge on any atom is 0.573 e. The summed E-state index contributed by atoms with van der Waals surface area (Å²) in [4.78, 5) is 3.24. The van der Waals surface area contributed by atoms with Crippen molar-refractivity contribution in [3.63, 3.8) is 0 Å². The van der Waals surface area contributed by atoms with E-state index in [9.17, 15) is 22.0 Å². The molecule has 1 rings (SSSR count). The molecular weight excluding hydrogens is 247 g/mol. The van der Waals surface area contributed by atoms with Gasteiger partial charge in [0.05, 0.1) is 0 Å². The molecule has 0 aromatic carbocycles. The van der Waals surface area contributed by atoms with Crippen molar-refractivity contribution in [1.29, 1.82) is 0 Å². The van der Waals surface area contributed by atoms with Crippen molar-refractivity contribution in [2.75, 3.05) is 0 Å². The highest BCUT2D eigenvalue weighted by molar-refractivity contribution is 5.42. The molecule has 0 atom stereocenters. The van der Waals surface area contributed by atoms with E-state index in [1.54, 1.807) is 0 Å². The van der Waals surface area contributed by atoms with Gasteiger partial charge in [-0.15, -0.1) is 13.2 Å². The highest BCUT2D eigenvalue weighted by Crippen LogP contribution is 2.35. The molecule has 8 heteroatoms. The third-order valence-corrected chi connectivity index (χ3v) is 2.01. The van der Waals surface area contributed by atoms with Gasteiger partial charge in [-0.25, -0.2) is 8.78 Å². The largest absolute Gasteiger partial charge is 0.573 e. The number of ether oxygens (including phenoxy) is 1. The molecule has 17 heavy (non-hydrogen) atoms. The Morgan fingerprint density at radius 1 is 1.41 bits per heavy atom. The minimum absolute atomic E-state index is 0.132. The lowest BCUT2D eigenvalue weighted by Gasteiger charge is -2.16. The predicted octanol–water partition coefficient (Wildman–Crippen LogP) is 2.68. The summed E-state index contributed by atoms with van der Waals surface area (Å²) in [5, 5.41) is 0. The van der Waals surface area contributed by atoms with Gasteiger partial charge in [0.15, 0.2) is 5.75 Å². The number of rotatable bonds is 3. The van der Waals surface area contributed by atoms with Gasteiger partial charge in [0.2, 0.25) is 0 Å². The van der Waals surface area contributed by atoms with Gasteiger partial charge in [-0.05, 0) is 12.5 Å². The van der Waals surface area contributed by atoms with Crippen LogP contribution in [0.25, 0.3) is 0 Å². The third-order valence-electron chi connectivity index (χ3n) is 2.01. The zero-order valence-corrected chi connectivity index (χ0v) is 8.68. The fourth-order valence-electron chi connectivity index (χ4n) is 1.28. The minimum Gasteiger partial charge on any atom is -0.403 e. The van der Waals surface area contributed by atoms with Gasteiger partial charge in [0.25, 0.3) is 6.43 Å². The number of nitrogens with zero attached hydrogens (tertiary/aromatic N) is 1. The van der Waals surface area contributed by atoms with Crippen molar-refractivity contribution in [1.82, 2.24) is 4.98 Å². The second-order valence-electron chi connectivity index (χ2n) is 3.19. The Morgan fingerprint density at radius 3 is 2.41 bits per heavy atom. The van der Waals surface area contributed by atoms with E-state index in [0.29, 0.717) is 0 Å². The monoisotopic (exact) mass is 256 g/mol. The number of alkyl halides is 5. The number of hydrogen-bond acceptors (Lipinski definition) is 3. The lowest BCUT2D eigenvalue weighted by Crippen LogP contribution is -2.21. The van der Waals surface area contributed by atoms with E-state index < -0.39 is 24.2 Å². The van der Waals surface area contributed by atoms with Crippen molar-refractivity contribution < 1.29 is 26.7 Å². The number of nitrogens with two attached hydrogens (primary N) is 1. The zero-order valence-electron chi connectivity index (χ0n) is 8.68. The quantitative estimate of drug-likeness (QED) is 0.846. The van der Waals surface area contributed by atoms with Crippen molar-refractivity contribution in [3.05, 3.63) is 23.0 Å². The first-order chi connectivity index (χ1) is 7.76. The molecule has 0 unspecified atom stereocenters. The molecule has 0 amide bonds. The normalized spacial score (nSPS) is 12.0. The fraction of sp³-hybridized carbons (Fsp3) is 0.444. The first-order valence-electron chi connectivity index (χ1n) is 4.48. The Hall–Kier alpha value is -1.44. The van der Waals surface area contributed by atoms with Crippen LogP contribution in [0.1, 0.15) is 23.2 Å². The van der Waals surface area contributed by atoms with Crippen LogP contribution >= 0.6 is 0 Å². The summed E-state index contributed by atoms with van der Waals surface area (Å²) in [6.45, 7) is 1.06. The number of halogens is 5. The van der Waals surface area contributed by atoms with Crippen LogP contribution in [0.5, 0.6) is 5.75 Å². The van der Waals surface area contributed by atoms with E-state index in [-0.39, 0.29) is 17.7 Å². The summed E-state index contributed by atoms with van der Waals surface area (Å²) in [5.74, 6) is -1.00. The third kappa shape index (κ3) is 3.26. The van der Waals surface area contributed by atoms with Crippen LogP contribution < -0.4 is 10.5 Å². The summed E-state index contributed by atoms with van der Waals surface area (Å²) in [5.41, 5.74) is 4.29. The second kappa shape index (κ2) is 4.82. The maximum absolute atomic E-state index is 12.5. The van der Waals surface area contributed by atoms with E-state index >= 15 is 0 Å². The minimum atomic E-state index is -5.07. The summed E-state index contributed by atoms with van der Waals surface area (Å²) in [6.07, 6.45) is -7.20. The van der Waals surface area contributed by atoms with Crippen LogP contribution in [-0.4, -0.2) is 11.3 Å². The summed E-state index contributed by atoms with van der Waals surface area (Å²) in [7, 11) is 0. The molecule has 0 radical (unpaired) electrons. The molecule has 0 fully saturated rings. The topological polar surface area (TPSA) is 48.1 Å². The van der Waals surface area contributed by atoms with Crippen molar-refractivity contribution in [3.8, 4) is 5.75 Å². The van der Waals surface area contributed by atoms with E-state index in [1.807, 2.05) is 0 Å². The van der Waals surface area contributed by atoms with Crippen LogP contribution in [0.4, 0.5) is 22.0 Å². The molecular formula is C9H9F5N2O. The summed E-state index contributed by atoms with van der Waals surface area (Å²) < 4.78 is 64.9. The smallest absolute Gasteiger partial charge is 0.403 e. The Morgan fingerprint density at radius 2 is 2.00 bits per heavy atom. The molecule has 1 heterocycles. The van der Waals surface area contributed by atoms with Gasteiger partial charge >= 0.3 is 6.36 Å². The van der Waals surface area contributed by atoms with Gasteiger partial charge in [-0.3, -0.25) is 4.98 Å². The van der Waals surface area contributed by atoms with E-state index in [4.69, 9.17) is 5.73 Å². The van der Waals surface area contributed by atoms with Crippen molar-refractivity contribution in [2.45, 2.75) is 26.3 Å². The summed E-state index contributed by atoms with van der Waals surface area (Å²) >= 11 is 0. The lowest BCUT2D eigenvalue weighted by atomic mass is 10.1. The molecule has 0 saturated heterocycles. The second-order valence-corrected chi connectivity index (χ2v) is 3.19. The molecule has 1 aromatic rings. The highest BCUT2D eigenvalue weighted by Gasteiger charge is 2.35. The molecule has 0 aliphatic heterocycles. The fourth-order valence-corrected chi connectivity index (χ4v) is 1.28. The Bertz CT molecular complexity index is 405. The van der Waals surface area contributed by atoms with Gasteiger partial charge < -0.3 is 10.5 Å². The molecule has 0 saturated carbocycles. The van der Waals surface area contributed by atoms with Gasteiger partial charge in [-0.1, -0.05) is 0 Å². The first kappa shape index (κ1) is 13.6. The zero-order chi connectivity index (χ0) is 13.2. The number of hydrogen-bond donors (Lipinski definition) is 1. The number of pyridine rings is 1. The molecule has 96 valence electrons. The van der Waals surface area contributed by atoms with Crippen molar-refractivity contribution >= 4 is 0 Å². The average Bonchev–Trinajstić information content (AvgIpc) is 2.15. The van der Waals surface area contributed by atoms with E-state index in [0.717, 1.165) is 6.20 Å². The number of aromatic nitrogens is 1.